The molecule has 0 aromatic carbocycles. The molecule has 0 saturated carbocycles. The van der Waals surface area contributed by atoms with Gasteiger partial charge in [-0.05, 0) is 12.1 Å². The van der Waals surface area contributed by atoms with Crippen molar-refractivity contribution in [2.75, 3.05) is 13.7 Å². The number of methoxy groups -OCH3 is 1. The molecule has 1 aromatic rings. The maximum absolute atomic E-state index is 11.5. The third-order valence-electron chi connectivity index (χ3n) is 1.70. The number of carbonyl (C=O) groups excluding carboxylic acids is 2. The maximum Gasteiger partial charge on any atom is 0.325 e. The first-order valence-electron chi connectivity index (χ1n) is 4.30. The Labute approximate surface area is 106 Å². The molecule has 0 spiro atoms. The first-order chi connectivity index (χ1) is 7.54. The van der Waals surface area contributed by atoms with Crippen molar-refractivity contribution in [1.29, 1.82) is 0 Å². The fourth-order valence-corrected chi connectivity index (χ4v) is 2.04. The Morgan fingerprint density at radius 1 is 1.56 bits per heavy atom. The van der Waals surface area contributed by atoms with Crippen LogP contribution in [0.4, 0.5) is 0 Å². The van der Waals surface area contributed by atoms with Crippen molar-refractivity contribution in [2.45, 2.75) is 5.38 Å². The molecule has 1 atom stereocenters. The number of rotatable bonds is 4. The third-order valence-corrected chi connectivity index (χ3v) is 3.26. The summed E-state index contributed by atoms with van der Waals surface area (Å²) in [4.78, 5) is 22.9. The highest BCUT2D eigenvalue weighted by Crippen LogP contribution is 2.21. The number of halogens is 2. The zero-order valence-electron chi connectivity index (χ0n) is 8.33. The van der Waals surface area contributed by atoms with E-state index in [4.69, 9.17) is 23.2 Å². The lowest BCUT2D eigenvalue weighted by Crippen LogP contribution is -2.33. The van der Waals surface area contributed by atoms with Crippen molar-refractivity contribution in [3.8, 4) is 0 Å². The topological polar surface area (TPSA) is 55.4 Å². The standard InChI is InChI=1S/C9H9Cl2NO3S/c1-15-9(14)5(10)4-12-8(13)6-2-3-7(11)16-6/h2-3,5H,4H2,1H3,(H,12,13). The van der Waals surface area contributed by atoms with Gasteiger partial charge in [-0.1, -0.05) is 11.6 Å². The molecule has 1 heterocycles. The lowest BCUT2D eigenvalue weighted by Gasteiger charge is -2.07. The van der Waals surface area contributed by atoms with Gasteiger partial charge in [-0.2, -0.15) is 0 Å². The molecular weight excluding hydrogens is 273 g/mol. The van der Waals surface area contributed by atoms with E-state index in [1.165, 1.54) is 7.11 Å². The molecule has 1 aromatic heterocycles. The molecule has 16 heavy (non-hydrogen) atoms. The monoisotopic (exact) mass is 281 g/mol. The molecule has 88 valence electrons. The lowest BCUT2D eigenvalue weighted by atomic mass is 10.4. The van der Waals surface area contributed by atoms with E-state index in [1.54, 1.807) is 12.1 Å². The molecule has 0 saturated heterocycles. The Hall–Kier alpha value is -0.780. The Bertz CT molecular complexity index is 394. The van der Waals surface area contributed by atoms with E-state index in [2.05, 4.69) is 10.1 Å². The molecule has 0 fully saturated rings. The van der Waals surface area contributed by atoms with Crippen molar-refractivity contribution in [3.05, 3.63) is 21.3 Å². The van der Waals surface area contributed by atoms with E-state index in [9.17, 15) is 9.59 Å². The molecule has 0 bridgehead atoms. The van der Waals surface area contributed by atoms with Crippen LogP contribution in [0.25, 0.3) is 0 Å². The predicted octanol–water partition coefficient (Wildman–Crippen LogP) is 1.91. The minimum Gasteiger partial charge on any atom is -0.468 e. The second kappa shape index (κ2) is 6.08. The molecule has 0 radical (unpaired) electrons. The third kappa shape index (κ3) is 3.66. The Balaban J connectivity index is 2.44. The molecule has 7 heteroatoms. The fourth-order valence-electron chi connectivity index (χ4n) is 0.917. The Kier molecular flexibility index (Phi) is 5.05. The van der Waals surface area contributed by atoms with Gasteiger partial charge in [0.2, 0.25) is 0 Å². The Morgan fingerprint density at radius 2 is 2.25 bits per heavy atom. The van der Waals surface area contributed by atoms with Gasteiger partial charge in [0.25, 0.3) is 5.91 Å². The van der Waals surface area contributed by atoms with Gasteiger partial charge >= 0.3 is 5.97 Å². The molecule has 0 aliphatic rings. The highest BCUT2D eigenvalue weighted by molar-refractivity contribution is 7.17. The van der Waals surface area contributed by atoms with E-state index in [-0.39, 0.29) is 12.5 Å². The van der Waals surface area contributed by atoms with Crippen LogP contribution in [0, 0.1) is 0 Å². The number of amides is 1. The SMILES string of the molecule is COC(=O)C(Cl)CNC(=O)c1ccc(Cl)s1. The van der Waals surface area contributed by atoms with Crippen LogP contribution in [0.1, 0.15) is 9.67 Å². The summed E-state index contributed by atoms with van der Waals surface area (Å²) in [5, 5.41) is 1.62. The van der Waals surface area contributed by atoms with E-state index < -0.39 is 11.3 Å². The van der Waals surface area contributed by atoms with Crippen molar-refractivity contribution >= 4 is 46.4 Å². The van der Waals surface area contributed by atoms with Gasteiger partial charge in [-0.3, -0.25) is 9.59 Å². The van der Waals surface area contributed by atoms with Crippen molar-refractivity contribution in [2.24, 2.45) is 0 Å². The largest absolute Gasteiger partial charge is 0.468 e. The van der Waals surface area contributed by atoms with Crippen LogP contribution in [-0.2, 0) is 9.53 Å². The summed E-state index contributed by atoms with van der Waals surface area (Å²) in [5.41, 5.74) is 0. The molecule has 1 rings (SSSR count). The average Bonchev–Trinajstić information content (AvgIpc) is 2.71. The molecule has 0 aliphatic carbocycles. The van der Waals surface area contributed by atoms with Gasteiger partial charge in [-0.25, -0.2) is 0 Å². The number of nitrogens with one attached hydrogen (secondary N) is 1. The zero-order valence-corrected chi connectivity index (χ0v) is 10.7. The zero-order chi connectivity index (χ0) is 12.1. The van der Waals surface area contributed by atoms with Crippen LogP contribution >= 0.6 is 34.5 Å². The highest BCUT2D eigenvalue weighted by Gasteiger charge is 2.17. The minimum atomic E-state index is -0.885. The summed E-state index contributed by atoms with van der Waals surface area (Å²) < 4.78 is 4.94. The normalized spacial score (nSPS) is 11.9. The second-order valence-corrected chi connectivity index (χ2v) is 5.05. The van der Waals surface area contributed by atoms with Crippen LogP contribution in [0.3, 0.4) is 0 Å². The predicted molar refractivity (Wildman–Crippen MR) is 63.3 cm³/mol. The number of ether oxygens (including phenoxy) is 1. The summed E-state index contributed by atoms with van der Waals surface area (Å²) in [6.45, 7) is 0.0164. The van der Waals surface area contributed by atoms with Gasteiger partial charge in [0.15, 0.2) is 0 Å². The van der Waals surface area contributed by atoms with E-state index in [1.807, 2.05) is 0 Å². The van der Waals surface area contributed by atoms with Crippen LogP contribution in [-0.4, -0.2) is 30.9 Å². The fraction of sp³-hybridized carbons (Fsp3) is 0.333. The number of thiophene rings is 1. The minimum absolute atomic E-state index is 0.0164. The van der Waals surface area contributed by atoms with Crippen molar-refractivity contribution in [1.82, 2.24) is 5.32 Å². The van der Waals surface area contributed by atoms with Crippen LogP contribution in [0.2, 0.25) is 4.34 Å². The first-order valence-corrected chi connectivity index (χ1v) is 5.93. The van der Waals surface area contributed by atoms with E-state index >= 15 is 0 Å². The molecular formula is C9H9Cl2NO3S. The van der Waals surface area contributed by atoms with Crippen LogP contribution in [0.15, 0.2) is 12.1 Å². The van der Waals surface area contributed by atoms with Gasteiger partial charge in [0, 0.05) is 6.54 Å². The van der Waals surface area contributed by atoms with Gasteiger partial charge in [0.05, 0.1) is 16.3 Å². The highest BCUT2D eigenvalue weighted by atomic mass is 35.5. The molecule has 0 aliphatic heterocycles. The summed E-state index contributed by atoms with van der Waals surface area (Å²) in [5.74, 6) is -0.891. The average molecular weight is 282 g/mol. The summed E-state index contributed by atoms with van der Waals surface area (Å²) >= 11 is 12.5. The van der Waals surface area contributed by atoms with E-state index in [0.717, 1.165) is 11.3 Å². The molecule has 1 N–H and O–H groups in total. The summed E-state index contributed by atoms with van der Waals surface area (Å²) in [6, 6.07) is 3.23. The molecule has 1 unspecified atom stereocenters. The molecule has 1 amide bonds. The van der Waals surface area contributed by atoms with Gasteiger partial charge in [-0.15, -0.1) is 22.9 Å². The quantitative estimate of drug-likeness (QED) is 0.678. The number of hydrogen-bond acceptors (Lipinski definition) is 4. The number of hydrogen-bond donors (Lipinski definition) is 1. The summed E-state index contributed by atoms with van der Waals surface area (Å²) in [6.07, 6.45) is 0. The smallest absolute Gasteiger partial charge is 0.325 e. The summed E-state index contributed by atoms with van der Waals surface area (Å²) in [7, 11) is 1.23. The van der Waals surface area contributed by atoms with E-state index in [0.29, 0.717) is 9.21 Å². The number of esters is 1. The van der Waals surface area contributed by atoms with Crippen molar-refractivity contribution < 1.29 is 14.3 Å². The maximum atomic E-state index is 11.5. The second-order valence-electron chi connectivity index (χ2n) is 2.80. The number of alkyl halides is 1. The molecule has 4 nitrogen and oxygen atoms in total. The lowest BCUT2D eigenvalue weighted by molar-refractivity contribution is -0.140. The van der Waals surface area contributed by atoms with Crippen LogP contribution in [0.5, 0.6) is 0 Å². The first kappa shape index (κ1) is 13.3. The van der Waals surface area contributed by atoms with Gasteiger partial charge in [0.1, 0.15) is 5.38 Å². The number of carbonyl (C=O) groups is 2. The van der Waals surface area contributed by atoms with Gasteiger partial charge < -0.3 is 10.1 Å². The van der Waals surface area contributed by atoms with Crippen LogP contribution < -0.4 is 5.32 Å². The Morgan fingerprint density at radius 3 is 2.75 bits per heavy atom. The van der Waals surface area contributed by atoms with Crippen molar-refractivity contribution in [3.63, 3.8) is 0 Å².